The number of para-hydroxylation sites is 2. The van der Waals surface area contributed by atoms with Crippen LogP contribution in [0, 0.1) is 5.92 Å². The molecule has 1 aliphatic carbocycles. The number of thiophene rings is 1. The summed E-state index contributed by atoms with van der Waals surface area (Å²) in [5, 5.41) is 5.75. The van der Waals surface area contributed by atoms with Gasteiger partial charge in [0.05, 0.1) is 23.3 Å². The molecule has 0 radical (unpaired) electrons. The van der Waals surface area contributed by atoms with Crippen LogP contribution in [0.5, 0.6) is 0 Å². The molecule has 5 rings (SSSR count). The van der Waals surface area contributed by atoms with E-state index in [1.165, 1.54) is 4.88 Å². The van der Waals surface area contributed by atoms with E-state index in [2.05, 4.69) is 58.1 Å². The summed E-state index contributed by atoms with van der Waals surface area (Å²) in [4.78, 5) is 21.9. The Morgan fingerprint density at radius 1 is 1.00 bits per heavy atom. The molecule has 1 aromatic heterocycles. The van der Waals surface area contributed by atoms with Gasteiger partial charge in [0.1, 0.15) is 5.78 Å². The maximum Gasteiger partial charge on any atom is 0.144 e. The monoisotopic (exact) mass is 415 g/mol. The van der Waals surface area contributed by atoms with Crippen LogP contribution in [0.2, 0.25) is 0 Å². The molecule has 1 saturated carbocycles. The number of rotatable bonds is 3. The Kier molecular flexibility index (Phi) is 4.91. The van der Waals surface area contributed by atoms with Gasteiger partial charge in [-0.25, -0.2) is 0 Å². The average molecular weight is 416 g/mol. The highest BCUT2D eigenvalue weighted by Gasteiger charge is 2.41. The lowest BCUT2D eigenvalue weighted by Gasteiger charge is -2.33. The molecule has 3 atom stereocenters. The summed E-state index contributed by atoms with van der Waals surface area (Å²) < 4.78 is 0. The van der Waals surface area contributed by atoms with E-state index in [0.29, 0.717) is 6.42 Å². The van der Waals surface area contributed by atoms with Crippen molar-refractivity contribution in [2.24, 2.45) is 10.9 Å². The van der Waals surface area contributed by atoms with Crippen LogP contribution >= 0.6 is 11.3 Å². The number of anilines is 2. The van der Waals surface area contributed by atoms with E-state index < -0.39 is 0 Å². The standard InChI is InChI=1S/C25H25N3OS/c1-28(2)18-11-9-16(10-12-18)25-24-21(26-19-6-3-4-7-20(19)27-25)14-17(15-22(24)29)23-8-5-13-30-23/h3-13,17,24-25,27H,14-15H2,1-2H3/t17-,24+,25+/m0/s1. The molecular weight excluding hydrogens is 390 g/mol. The fourth-order valence-corrected chi connectivity index (χ4v) is 5.41. The van der Waals surface area contributed by atoms with Crippen molar-refractivity contribution in [2.75, 3.05) is 24.3 Å². The van der Waals surface area contributed by atoms with Gasteiger partial charge in [0.25, 0.3) is 0 Å². The van der Waals surface area contributed by atoms with Gasteiger partial charge in [0.2, 0.25) is 0 Å². The van der Waals surface area contributed by atoms with Crippen molar-refractivity contribution in [3.05, 3.63) is 76.5 Å². The number of nitrogens with one attached hydrogen (secondary N) is 1. The summed E-state index contributed by atoms with van der Waals surface area (Å²) in [6.07, 6.45) is 1.41. The van der Waals surface area contributed by atoms with Gasteiger partial charge < -0.3 is 10.2 Å². The molecule has 1 aliphatic heterocycles. The fraction of sp³-hybridized carbons (Fsp3) is 0.280. The van der Waals surface area contributed by atoms with Crippen molar-refractivity contribution in [1.82, 2.24) is 0 Å². The molecule has 0 amide bonds. The van der Waals surface area contributed by atoms with Crippen LogP contribution in [0.15, 0.2) is 71.0 Å². The van der Waals surface area contributed by atoms with Gasteiger partial charge in [0, 0.05) is 42.7 Å². The van der Waals surface area contributed by atoms with Gasteiger partial charge in [-0.3, -0.25) is 9.79 Å². The minimum absolute atomic E-state index is 0.111. The summed E-state index contributed by atoms with van der Waals surface area (Å²) in [5.74, 6) is 0.272. The molecule has 152 valence electrons. The third-order valence-corrected chi connectivity index (χ3v) is 7.17. The van der Waals surface area contributed by atoms with Crippen LogP contribution in [0.25, 0.3) is 0 Å². The van der Waals surface area contributed by atoms with E-state index in [0.717, 1.165) is 34.8 Å². The third-order valence-electron chi connectivity index (χ3n) is 6.14. The Morgan fingerprint density at radius 2 is 1.80 bits per heavy atom. The minimum Gasteiger partial charge on any atom is -0.378 e. The molecule has 30 heavy (non-hydrogen) atoms. The van der Waals surface area contributed by atoms with Gasteiger partial charge in [0.15, 0.2) is 0 Å². The summed E-state index contributed by atoms with van der Waals surface area (Å²) in [6.45, 7) is 0. The molecule has 0 unspecified atom stereocenters. The Bertz CT molecular complexity index is 1090. The molecule has 3 aromatic rings. The quantitative estimate of drug-likeness (QED) is 0.586. The summed E-state index contributed by atoms with van der Waals surface area (Å²) in [6, 6.07) is 20.7. The largest absolute Gasteiger partial charge is 0.378 e. The van der Waals surface area contributed by atoms with Crippen molar-refractivity contribution >= 4 is 39.9 Å². The molecule has 5 heteroatoms. The van der Waals surface area contributed by atoms with Gasteiger partial charge in [-0.05, 0) is 47.7 Å². The van der Waals surface area contributed by atoms with Crippen LogP contribution in [-0.2, 0) is 4.79 Å². The number of carbonyl (C=O) groups excluding carboxylic acids is 1. The van der Waals surface area contributed by atoms with Crippen molar-refractivity contribution in [1.29, 1.82) is 0 Å². The maximum atomic E-state index is 13.5. The highest BCUT2D eigenvalue weighted by Crippen LogP contribution is 2.44. The lowest BCUT2D eigenvalue weighted by molar-refractivity contribution is -0.122. The molecule has 1 fully saturated rings. The molecule has 0 bridgehead atoms. The van der Waals surface area contributed by atoms with E-state index in [4.69, 9.17) is 4.99 Å². The second-order valence-electron chi connectivity index (χ2n) is 8.29. The second-order valence-corrected chi connectivity index (χ2v) is 9.27. The first-order valence-corrected chi connectivity index (χ1v) is 11.2. The van der Waals surface area contributed by atoms with Crippen LogP contribution in [0.4, 0.5) is 17.1 Å². The number of aliphatic imine (C=N–C) groups is 1. The number of carbonyl (C=O) groups is 1. The van der Waals surface area contributed by atoms with Crippen molar-refractivity contribution in [3.8, 4) is 0 Å². The number of Topliss-reactive ketones (excluding diaryl/α,β-unsaturated/α-hetero) is 1. The smallest absolute Gasteiger partial charge is 0.144 e. The fourth-order valence-electron chi connectivity index (χ4n) is 4.58. The topological polar surface area (TPSA) is 44.7 Å². The van der Waals surface area contributed by atoms with Crippen molar-refractivity contribution in [2.45, 2.75) is 24.8 Å². The van der Waals surface area contributed by atoms with Crippen LogP contribution < -0.4 is 10.2 Å². The molecule has 2 heterocycles. The lowest BCUT2D eigenvalue weighted by atomic mass is 9.74. The van der Waals surface area contributed by atoms with Gasteiger partial charge in [-0.2, -0.15) is 0 Å². The molecule has 0 spiro atoms. The highest BCUT2D eigenvalue weighted by atomic mass is 32.1. The van der Waals surface area contributed by atoms with Gasteiger partial charge in [-0.1, -0.05) is 30.3 Å². The first-order chi connectivity index (χ1) is 14.6. The molecule has 2 aliphatic rings. The van der Waals surface area contributed by atoms with E-state index in [1.807, 2.05) is 32.3 Å². The highest BCUT2D eigenvalue weighted by molar-refractivity contribution is 7.10. The molecule has 4 nitrogen and oxygen atoms in total. The Hall–Kier alpha value is -2.92. The summed E-state index contributed by atoms with van der Waals surface area (Å²) >= 11 is 1.74. The zero-order valence-corrected chi connectivity index (χ0v) is 18.0. The molecular formula is C25H25N3OS. The number of hydrogen-bond acceptors (Lipinski definition) is 5. The predicted molar refractivity (Wildman–Crippen MR) is 125 cm³/mol. The molecule has 1 N–H and O–H groups in total. The number of hydrogen-bond donors (Lipinski definition) is 1. The lowest BCUT2D eigenvalue weighted by Crippen LogP contribution is -2.38. The van der Waals surface area contributed by atoms with Crippen LogP contribution in [0.3, 0.4) is 0 Å². The average Bonchev–Trinajstić information content (AvgIpc) is 3.23. The van der Waals surface area contributed by atoms with Crippen LogP contribution in [-0.4, -0.2) is 25.6 Å². The third kappa shape index (κ3) is 3.43. The first-order valence-electron chi connectivity index (χ1n) is 10.4. The van der Waals surface area contributed by atoms with E-state index in [-0.39, 0.29) is 23.7 Å². The Labute approximate surface area is 181 Å². The SMILES string of the molecule is CN(C)c1ccc([C@H]2Nc3ccccc3N=C3C[C@H](c4cccs4)CC(=O)[C@@H]32)cc1. The Morgan fingerprint density at radius 3 is 2.53 bits per heavy atom. The number of fused-ring (bicyclic) bond motifs is 2. The minimum atomic E-state index is -0.237. The summed E-state index contributed by atoms with van der Waals surface area (Å²) in [5.41, 5.74) is 5.18. The summed E-state index contributed by atoms with van der Waals surface area (Å²) in [7, 11) is 4.07. The zero-order valence-electron chi connectivity index (χ0n) is 17.2. The zero-order chi connectivity index (χ0) is 20.7. The van der Waals surface area contributed by atoms with Gasteiger partial charge >= 0.3 is 0 Å². The molecule has 0 saturated heterocycles. The van der Waals surface area contributed by atoms with Crippen molar-refractivity contribution < 1.29 is 4.79 Å². The normalized spacial score (nSPS) is 22.9. The van der Waals surface area contributed by atoms with Gasteiger partial charge in [-0.15, -0.1) is 11.3 Å². The van der Waals surface area contributed by atoms with E-state index in [9.17, 15) is 4.79 Å². The number of nitrogens with zero attached hydrogens (tertiary/aromatic N) is 2. The first kappa shape index (κ1) is 19.1. The van der Waals surface area contributed by atoms with E-state index >= 15 is 0 Å². The molecule has 2 aromatic carbocycles. The van der Waals surface area contributed by atoms with E-state index in [1.54, 1.807) is 11.3 Å². The van der Waals surface area contributed by atoms with Crippen LogP contribution in [0.1, 0.15) is 35.2 Å². The second kappa shape index (κ2) is 7.73. The number of ketones is 1. The maximum absolute atomic E-state index is 13.5. The number of benzene rings is 2. The Balaban J connectivity index is 1.57. The predicted octanol–water partition coefficient (Wildman–Crippen LogP) is 5.82. The van der Waals surface area contributed by atoms with Crippen molar-refractivity contribution in [3.63, 3.8) is 0 Å².